The van der Waals surface area contributed by atoms with Crippen LogP contribution in [0.1, 0.15) is 5.56 Å². The maximum atomic E-state index is 12.2. The minimum Gasteiger partial charge on any atom is -0.497 e. The van der Waals surface area contributed by atoms with E-state index in [-0.39, 0.29) is 11.7 Å². The molecule has 0 unspecified atom stereocenters. The fourth-order valence-electron chi connectivity index (χ4n) is 2.00. The Hall–Kier alpha value is -2.26. The average Bonchev–Trinajstić information content (AvgIpc) is 3.02. The lowest BCUT2D eigenvalue weighted by molar-refractivity contribution is 0.174. The summed E-state index contributed by atoms with van der Waals surface area (Å²) >= 11 is 3.37. The number of nitrogens with zero attached hydrogens (tertiary/aromatic N) is 1. The molecule has 0 radical (unpaired) electrons. The highest BCUT2D eigenvalue weighted by Gasteiger charge is 2.16. The Labute approximate surface area is 147 Å². The summed E-state index contributed by atoms with van der Waals surface area (Å²) in [4.78, 5) is 2.25. The second-order valence-corrected chi connectivity index (χ2v) is 7.27. The van der Waals surface area contributed by atoms with Crippen molar-refractivity contribution in [3.8, 4) is 17.2 Å². The Morgan fingerprint density at radius 1 is 1.21 bits per heavy atom. The highest BCUT2D eigenvalue weighted by Crippen LogP contribution is 2.36. The Balaban J connectivity index is 1.75. The van der Waals surface area contributed by atoms with Crippen molar-refractivity contribution in [1.29, 1.82) is 0 Å². The molecule has 2 aromatic carbocycles. The third kappa shape index (κ3) is 3.46. The van der Waals surface area contributed by atoms with Crippen molar-refractivity contribution >= 4 is 32.2 Å². The quantitative estimate of drug-likeness (QED) is 0.602. The molecule has 0 saturated carbocycles. The Morgan fingerprint density at radius 3 is 2.54 bits per heavy atom. The zero-order valence-corrected chi connectivity index (χ0v) is 14.9. The molecule has 2 aromatic rings. The van der Waals surface area contributed by atoms with Gasteiger partial charge in [-0.15, -0.1) is 0 Å². The van der Waals surface area contributed by atoms with Crippen LogP contribution < -0.4 is 19.0 Å². The topological polar surface area (TPSA) is 86.2 Å². The molecule has 0 saturated heterocycles. The van der Waals surface area contributed by atoms with Gasteiger partial charge < -0.3 is 14.2 Å². The summed E-state index contributed by atoms with van der Waals surface area (Å²) in [6.07, 6.45) is 1.38. The minimum absolute atomic E-state index is 0.0882. The Morgan fingerprint density at radius 2 is 1.88 bits per heavy atom. The number of fused-ring (bicyclic) bond motifs is 1. The van der Waals surface area contributed by atoms with Gasteiger partial charge in [-0.2, -0.15) is 13.5 Å². The molecule has 0 atom stereocenters. The molecule has 7 nitrogen and oxygen atoms in total. The van der Waals surface area contributed by atoms with Crippen LogP contribution in [0.3, 0.4) is 0 Å². The smallest absolute Gasteiger partial charge is 0.276 e. The van der Waals surface area contributed by atoms with Crippen LogP contribution in [-0.4, -0.2) is 28.5 Å². The lowest BCUT2D eigenvalue weighted by atomic mass is 10.2. The van der Waals surface area contributed by atoms with Crippen LogP contribution in [0.15, 0.2) is 50.9 Å². The van der Waals surface area contributed by atoms with Gasteiger partial charge in [0.15, 0.2) is 11.5 Å². The summed E-state index contributed by atoms with van der Waals surface area (Å²) in [6.45, 7) is 0.159. The van der Waals surface area contributed by atoms with Crippen molar-refractivity contribution in [3.05, 3.63) is 46.4 Å². The third-order valence-corrected chi connectivity index (χ3v) is 5.16. The maximum absolute atomic E-state index is 12.2. The molecule has 24 heavy (non-hydrogen) atoms. The van der Waals surface area contributed by atoms with Gasteiger partial charge in [-0.25, -0.2) is 4.83 Å². The molecule has 126 valence electrons. The molecule has 1 heterocycles. The average molecular weight is 413 g/mol. The van der Waals surface area contributed by atoms with Crippen molar-refractivity contribution in [2.24, 2.45) is 5.10 Å². The number of rotatable bonds is 5. The first kappa shape index (κ1) is 16.6. The number of ether oxygens (including phenoxy) is 3. The zero-order valence-electron chi connectivity index (χ0n) is 12.5. The molecular weight excluding hydrogens is 400 g/mol. The molecule has 0 bridgehead atoms. The normalized spacial score (nSPS) is 13.2. The van der Waals surface area contributed by atoms with Gasteiger partial charge in [0.25, 0.3) is 10.0 Å². The van der Waals surface area contributed by atoms with Gasteiger partial charge in [-0.3, -0.25) is 0 Å². The Kier molecular flexibility index (Phi) is 4.63. The lowest BCUT2D eigenvalue weighted by Crippen LogP contribution is -2.18. The van der Waals surface area contributed by atoms with E-state index in [0.29, 0.717) is 27.3 Å². The molecule has 0 amide bonds. The van der Waals surface area contributed by atoms with Crippen molar-refractivity contribution < 1.29 is 22.6 Å². The molecule has 0 fully saturated rings. The summed E-state index contributed by atoms with van der Waals surface area (Å²) in [5, 5.41) is 3.80. The van der Waals surface area contributed by atoms with Gasteiger partial charge >= 0.3 is 0 Å². The van der Waals surface area contributed by atoms with E-state index in [1.54, 1.807) is 24.3 Å². The zero-order chi connectivity index (χ0) is 17.2. The van der Waals surface area contributed by atoms with E-state index in [1.165, 1.54) is 25.5 Å². The largest absolute Gasteiger partial charge is 0.497 e. The Bertz CT molecular complexity index is 881. The monoisotopic (exact) mass is 412 g/mol. The van der Waals surface area contributed by atoms with E-state index in [1.807, 2.05) is 0 Å². The first-order valence-electron chi connectivity index (χ1n) is 6.78. The van der Waals surface area contributed by atoms with Gasteiger partial charge in [-0.05, 0) is 52.3 Å². The van der Waals surface area contributed by atoms with Crippen LogP contribution >= 0.6 is 15.9 Å². The summed E-state index contributed by atoms with van der Waals surface area (Å²) < 4.78 is 40.6. The van der Waals surface area contributed by atoms with Crippen molar-refractivity contribution in [1.82, 2.24) is 4.83 Å². The molecular formula is C15H13BrN2O5S. The van der Waals surface area contributed by atoms with E-state index in [2.05, 4.69) is 25.9 Å². The summed E-state index contributed by atoms with van der Waals surface area (Å²) in [7, 11) is -2.25. The van der Waals surface area contributed by atoms with Crippen molar-refractivity contribution in [2.75, 3.05) is 13.9 Å². The number of hydrogen-bond acceptors (Lipinski definition) is 6. The predicted molar refractivity (Wildman–Crippen MR) is 91.2 cm³/mol. The maximum Gasteiger partial charge on any atom is 0.276 e. The van der Waals surface area contributed by atoms with E-state index in [9.17, 15) is 8.42 Å². The van der Waals surface area contributed by atoms with Crippen LogP contribution in [0.5, 0.6) is 17.2 Å². The summed E-state index contributed by atoms with van der Waals surface area (Å²) in [5.74, 6) is 1.78. The number of hydrazone groups is 1. The second-order valence-electron chi connectivity index (χ2n) is 4.76. The van der Waals surface area contributed by atoms with Gasteiger partial charge in [-0.1, -0.05) is 0 Å². The van der Waals surface area contributed by atoms with E-state index in [4.69, 9.17) is 14.2 Å². The first-order chi connectivity index (χ1) is 11.5. The third-order valence-electron chi connectivity index (χ3n) is 3.24. The van der Waals surface area contributed by atoms with Crippen LogP contribution in [0.4, 0.5) is 0 Å². The summed E-state index contributed by atoms with van der Waals surface area (Å²) in [5.41, 5.74) is 0.650. The SMILES string of the molecule is COc1ccc(S(=O)(=O)N/N=C/c2cc3c(cc2Br)OCO3)cc1. The summed E-state index contributed by atoms with van der Waals surface area (Å²) in [6, 6.07) is 9.44. The standard InChI is InChI=1S/C15H13BrN2O5S/c1-21-11-2-4-12(5-3-11)24(19,20)18-17-8-10-6-14-15(7-13(10)16)23-9-22-14/h2-8,18H,9H2,1H3/b17-8+. The van der Waals surface area contributed by atoms with Gasteiger partial charge in [0.1, 0.15) is 5.75 Å². The van der Waals surface area contributed by atoms with Crippen LogP contribution in [0.2, 0.25) is 0 Å². The molecule has 0 spiro atoms. The molecule has 0 aliphatic carbocycles. The fraction of sp³-hybridized carbons (Fsp3) is 0.133. The van der Waals surface area contributed by atoms with Crippen LogP contribution in [0.25, 0.3) is 0 Å². The number of methoxy groups -OCH3 is 1. The van der Waals surface area contributed by atoms with Gasteiger partial charge in [0.2, 0.25) is 6.79 Å². The lowest BCUT2D eigenvalue weighted by Gasteiger charge is -2.05. The number of halogens is 1. The first-order valence-corrected chi connectivity index (χ1v) is 9.05. The van der Waals surface area contributed by atoms with E-state index < -0.39 is 10.0 Å². The van der Waals surface area contributed by atoms with E-state index in [0.717, 1.165) is 0 Å². The van der Waals surface area contributed by atoms with Crippen LogP contribution in [-0.2, 0) is 10.0 Å². The van der Waals surface area contributed by atoms with E-state index >= 15 is 0 Å². The highest BCUT2D eigenvalue weighted by atomic mass is 79.9. The minimum atomic E-state index is -3.75. The molecule has 3 rings (SSSR count). The molecule has 1 aliphatic rings. The number of nitrogens with one attached hydrogen (secondary N) is 1. The number of hydrogen-bond donors (Lipinski definition) is 1. The molecule has 0 aromatic heterocycles. The van der Waals surface area contributed by atoms with Crippen LogP contribution in [0, 0.1) is 0 Å². The van der Waals surface area contributed by atoms with Crippen molar-refractivity contribution in [3.63, 3.8) is 0 Å². The second kappa shape index (κ2) is 6.70. The van der Waals surface area contributed by atoms with Crippen molar-refractivity contribution in [2.45, 2.75) is 4.90 Å². The molecule has 9 heteroatoms. The van der Waals surface area contributed by atoms with Gasteiger partial charge in [0, 0.05) is 10.0 Å². The predicted octanol–water partition coefficient (Wildman–Crippen LogP) is 2.50. The number of benzene rings is 2. The molecule has 1 aliphatic heterocycles. The highest BCUT2D eigenvalue weighted by molar-refractivity contribution is 9.10. The molecule has 1 N–H and O–H groups in total. The fourth-order valence-corrected chi connectivity index (χ4v) is 3.22. The van der Waals surface area contributed by atoms with Gasteiger partial charge in [0.05, 0.1) is 18.2 Å². The number of sulfonamides is 1.